The summed E-state index contributed by atoms with van der Waals surface area (Å²) < 4.78 is 5.37. The SMILES string of the molecule is CCCCOCCCNC(=O)C(=O)NCc1ccccc1. The summed E-state index contributed by atoms with van der Waals surface area (Å²) in [6.07, 6.45) is 2.87. The normalized spacial score (nSPS) is 10.1. The molecule has 0 aliphatic carbocycles. The van der Waals surface area contributed by atoms with Crippen molar-refractivity contribution >= 4 is 11.8 Å². The second-order valence-corrected chi connectivity index (χ2v) is 4.74. The molecule has 116 valence electrons. The largest absolute Gasteiger partial charge is 0.381 e. The third-order valence-electron chi connectivity index (χ3n) is 2.90. The molecule has 21 heavy (non-hydrogen) atoms. The predicted octanol–water partition coefficient (Wildman–Crippen LogP) is 1.63. The van der Waals surface area contributed by atoms with Crippen molar-refractivity contribution < 1.29 is 14.3 Å². The van der Waals surface area contributed by atoms with E-state index >= 15 is 0 Å². The number of carbonyl (C=O) groups is 2. The van der Waals surface area contributed by atoms with Gasteiger partial charge in [-0.1, -0.05) is 43.7 Å². The van der Waals surface area contributed by atoms with E-state index in [0.29, 0.717) is 26.1 Å². The third kappa shape index (κ3) is 8.09. The number of nitrogens with one attached hydrogen (secondary N) is 2. The fourth-order valence-electron chi connectivity index (χ4n) is 1.66. The summed E-state index contributed by atoms with van der Waals surface area (Å²) in [7, 11) is 0. The van der Waals surface area contributed by atoms with Crippen molar-refractivity contribution in [2.45, 2.75) is 32.7 Å². The number of hydrogen-bond acceptors (Lipinski definition) is 3. The molecule has 0 aliphatic heterocycles. The van der Waals surface area contributed by atoms with Gasteiger partial charge in [-0.25, -0.2) is 0 Å². The highest BCUT2D eigenvalue weighted by atomic mass is 16.5. The molecule has 5 nitrogen and oxygen atoms in total. The molecule has 5 heteroatoms. The van der Waals surface area contributed by atoms with Crippen LogP contribution in [0.2, 0.25) is 0 Å². The summed E-state index contributed by atoms with van der Waals surface area (Å²) in [6, 6.07) is 9.47. The van der Waals surface area contributed by atoms with E-state index < -0.39 is 11.8 Å². The van der Waals surface area contributed by atoms with Gasteiger partial charge in [0, 0.05) is 26.3 Å². The van der Waals surface area contributed by atoms with Crippen molar-refractivity contribution in [2.24, 2.45) is 0 Å². The molecule has 0 unspecified atom stereocenters. The highest BCUT2D eigenvalue weighted by molar-refractivity contribution is 6.35. The van der Waals surface area contributed by atoms with Gasteiger partial charge in [0.2, 0.25) is 0 Å². The van der Waals surface area contributed by atoms with E-state index in [1.54, 1.807) is 0 Å². The lowest BCUT2D eigenvalue weighted by molar-refractivity contribution is -0.139. The maximum atomic E-state index is 11.6. The number of carbonyl (C=O) groups excluding carboxylic acids is 2. The molecule has 1 aromatic carbocycles. The van der Waals surface area contributed by atoms with Crippen LogP contribution < -0.4 is 10.6 Å². The summed E-state index contributed by atoms with van der Waals surface area (Å²) in [6.45, 7) is 4.27. The van der Waals surface area contributed by atoms with Gasteiger partial charge < -0.3 is 15.4 Å². The van der Waals surface area contributed by atoms with Gasteiger partial charge in [0.1, 0.15) is 0 Å². The molecule has 0 saturated heterocycles. The molecule has 0 bridgehead atoms. The van der Waals surface area contributed by atoms with Crippen molar-refractivity contribution in [1.29, 1.82) is 0 Å². The Morgan fingerprint density at radius 2 is 1.67 bits per heavy atom. The molecular formula is C16H24N2O3. The van der Waals surface area contributed by atoms with Crippen molar-refractivity contribution in [3.63, 3.8) is 0 Å². The molecule has 0 saturated carbocycles. The lowest BCUT2D eigenvalue weighted by Gasteiger charge is -2.07. The summed E-state index contributed by atoms with van der Waals surface area (Å²) in [4.78, 5) is 23.1. The van der Waals surface area contributed by atoms with Crippen molar-refractivity contribution in [3.8, 4) is 0 Å². The molecule has 0 atom stereocenters. The van der Waals surface area contributed by atoms with Crippen LogP contribution in [0.25, 0.3) is 0 Å². The van der Waals surface area contributed by atoms with E-state index in [2.05, 4.69) is 17.6 Å². The van der Waals surface area contributed by atoms with Gasteiger partial charge in [0.25, 0.3) is 0 Å². The van der Waals surface area contributed by atoms with Crippen LogP contribution in [0.15, 0.2) is 30.3 Å². The molecule has 0 fully saturated rings. The Balaban J connectivity index is 2.07. The smallest absolute Gasteiger partial charge is 0.309 e. The van der Waals surface area contributed by atoms with E-state index in [4.69, 9.17) is 4.74 Å². The molecule has 0 heterocycles. The first-order chi connectivity index (χ1) is 10.2. The minimum absolute atomic E-state index is 0.354. The van der Waals surface area contributed by atoms with Crippen molar-refractivity contribution in [1.82, 2.24) is 10.6 Å². The Morgan fingerprint density at radius 1 is 1.00 bits per heavy atom. The quantitative estimate of drug-likeness (QED) is 0.537. The zero-order valence-corrected chi connectivity index (χ0v) is 12.6. The van der Waals surface area contributed by atoms with Gasteiger partial charge in [0.15, 0.2) is 0 Å². The molecular weight excluding hydrogens is 268 g/mol. The van der Waals surface area contributed by atoms with Crippen LogP contribution in [0.1, 0.15) is 31.7 Å². The van der Waals surface area contributed by atoms with Gasteiger partial charge in [-0.2, -0.15) is 0 Å². The van der Waals surface area contributed by atoms with E-state index in [1.165, 1.54) is 0 Å². The number of benzene rings is 1. The van der Waals surface area contributed by atoms with Crippen LogP contribution >= 0.6 is 0 Å². The summed E-state index contributed by atoms with van der Waals surface area (Å²) in [5, 5.41) is 5.16. The van der Waals surface area contributed by atoms with E-state index in [0.717, 1.165) is 25.0 Å². The van der Waals surface area contributed by atoms with Crippen molar-refractivity contribution in [3.05, 3.63) is 35.9 Å². The first kappa shape index (κ1) is 17.2. The Morgan fingerprint density at radius 3 is 2.38 bits per heavy atom. The van der Waals surface area contributed by atoms with Crippen LogP contribution in [0.5, 0.6) is 0 Å². The number of hydrogen-bond donors (Lipinski definition) is 2. The molecule has 2 amide bonds. The highest BCUT2D eigenvalue weighted by Crippen LogP contribution is 1.96. The van der Waals surface area contributed by atoms with Crippen LogP contribution in [0.3, 0.4) is 0 Å². The monoisotopic (exact) mass is 292 g/mol. The standard InChI is InChI=1S/C16H24N2O3/c1-2-3-11-21-12-7-10-17-15(19)16(20)18-13-14-8-5-4-6-9-14/h4-6,8-9H,2-3,7,10-13H2,1H3,(H,17,19)(H,18,20). The van der Waals surface area contributed by atoms with Gasteiger partial charge in [-0.15, -0.1) is 0 Å². The first-order valence-corrected chi connectivity index (χ1v) is 7.41. The maximum absolute atomic E-state index is 11.6. The van der Waals surface area contributed by atoms with Gasteiger partial charge >= 0.3 is 11.8 Å². The summed E-state index contributed by atoms with van der Waals surface area (Å²) >= 11 is 0. The minimum atomic E-state index is -0.606. The first-order valence-electron chi connectivity index (χ1n) is 7.41. The fourth-order valence-corrected chi connectivity index (χ4v) is 1.66. The van der Waals surface area contributed by atoms with Crippen LogP contribution in [0, 0.1) is 0 Å². The third-order valence-corrected chi connectivity index (χ3v) is 2.90. The summed E-state index contributed by atoms with van der Waals surface area (Å²) in [5.41, 5.74) is 0.961. The molecule has 1 rings (SSSR count). The van der Waals surface area contributed by atoms with Gasteiger partial charge in [0.05, 0.1) is 0 Å². The molecule has 0 aliphatic rings. The number of rotatable bonds is 9. The number of amides is 2. The zero-order chi connectivity index (χ0) is 15.3. The highest BCUT2D eigenvalue weighted by Gasteiger charge is 2.11. The van der Waals surface area contributed by atoms with E-state index in [1.807, 2.05) is 30.3 Å². The summed E-state index contributed by atoms with van der Waals surface area (Å²) in [5.74, 6) is -1.20. The second-order valence-electron chi connectivity index (χ2n) is 4.74. The van der Waals surface area contributed by atoms with Gasteiger partial charge in [-0.3, -0.25) is 9.59 Å². The maximum Gasteiger partial charge on any atom is 0.309 e. The molecule has 2 N–H and O–H groups in total. The second kappa shape index (κ2) is 10.9. The Kier molecular flexibility index (Phi) is 8.88. The molecule has 1 aromatic rings. The Labute approximate surface area is 126 Å². The lowest BCUT2D eigenvalue weighted by atomic mass is 10.2. The molecule has 0 radical (unpaired) electrons. The fraction of sp³-hybridized carbons (Fsp3) is 0.500. The molecule has 0 spiro atoms. The van der Waals surface area contributed by atoms with Crippen LogP contribution in [0.4, 0.5) is 0 Å². The predicted molar refractivity (Wildman–Crippen MR) is 81.6 cm³/mol. The number of unbranched alkanes of at least 4 members (excludes halogenated alkanes) is 1. The average molecular weight is 292 g/mol. The average Bonchev–Trinajstić information content (AvgIpc) is 2.52. The Hall–Kier alpha value is -1.88. The molecule has 0 aromatic heterocycles. The van der Waals surface area contributed by atoms with Gasteiger partial charge in [-0.05, 0) is 18.4 Å². The minimum Gasteiger partial charge on any atom is -0.381 e. The Bertz CT molecular complexity index is 421. The van der Waals surface area contributed by atoms with E-state index in [-0.39, 0.29) is 0 Å². The number of ether oxygens (including phenoxy) is 1. The van der Waals surface area contributed by atoms with Crippen LogP contribution in [-0.2, 0) is 20.9 Å². The topological polar surface area (TPSA) is 67.4 Å². The van der Waals surface area contributed by atoms with Crippen LogP contribution in [-0.4, -0.2) is 31.6 Å². The zero-order valence-electron chi connectivity index (χ0n) is 12.6. The lowest BCUT2D eigenvalue weighted by Crippen LogP contribution is -2.40. The van der Waals surface area contributed by atoms with Crippen molar-refractivity contribution in [2.75, 3.05) is 19.8 Å². The van der Waals surface area contributed by atoms with E-state index in [9.17, 15) is 9.59 Å².